The fourth-order valence-electron chi connectivity index (χ4n) is 2.09. The first-order valence-electron chi connectivity index (χ1n) is 8.43. The fourth-order valence-corrected chi connectivity index (χ4v) is 2.24. The van der Waals surface area contributed by atoms with Gasteiger partial charge in [-0.2, -0.15) is 43.9 Å². The molecule has 33 heavy (non-hydrogen) atoms. The number of esters is 1. The van der Waals surface area contributed by atoms with Gasteiger partial charge >= 0.3 is 42.0 Å². The maximum Gasteiger partial charge on any atom is 0.384 e. The standard InChI is InChI=1S/C17H13ClF12O3/c18-6-10(33-11(31)9-4-2-1-3-5-9)7-32-8-13(21,22)15(25,26)17(29,30)16(27,28)14(23,24)12(19)20/h1-5,10,12H,6-8H2. The highest BCUT2D eigenvalue weighted by Crippen LogP contribution is 2.58. The van der Waals surface area contributed by atoms with E-state index in [1.807, 2.05) is 0 Å². The van der Waals surface area contributed by atoms with Crippen molar-refractivity contribution in [1.29, 1.82) is 0 Å². The molecule has 0 heterocycles. The summed E-state index contributed by atoms with van der Waals surface area (Å²) >= 11 is 5.38. The second-order valence-corrected chi connectivity index (χ2v) is 6.72. The summed E-state index contributed by atoms with van der Waals surface area (Å²) in [6, 6.07) is 6.82. The van der Waals surface area contributed by atoms with Gasteiger partial charge in [-0.25, -0.2) is 13.6 Å². The van der Waals surface area contributed by atoms with E-state index in [9.17, 15) is 57.5 Å². The summed E-state index contributed by atoms with van der Waals surface area (Å²) in [6.07, 6.45) is -7.20. The van der Waals surface area contributed by atoms with E-state index in [0.29, 0.717) is 0 Å². The van der Waals surface area contributed by atoms with E-state index in [-0.39, 0.29) is 5.56 Å². The molecule has 1 rings (SSSR count). The van der Waals surface area contributed by atoms with Crippen molar-refractivity contribution in [2.75, 3.05) is 19.1 Å². The van der Waals surface area contributed by atoms with Crippen LogP contribution in [0, 0.1) is 0 Å². The number of hydrogen-bond acceptors (Lipinski definition) is 3. The van der Waals surface area contributed by atoms with Crippen molar-refractivity contribution >= 4 is 17.6 Å². The third-order valence-corrected chi connectivity index (χ3v) is 4.33. The van der Waals surface area contributed by atoms with Gasteiger partial charge in [-0.1, -0.05) is 18.2 Å². The highest BCUT2D eigenvalue weighted by molar-refractivity contribution is 6.18. The summed E-state index contributed by atoms with van der Waals surface area (Å²) in [7, 11) is 0. The van der Waals surface area contributed by atoms with Gasteiger partial charge < -0.3 is 9.47 Å². The van der Waals surface area contributed by atoms with Crippen LogP contribution in [0.15, 0.2) is 30.3 Å². The SMILES string of the molecule is O=C(OC(CCl)COCC(F)(F)C(F)(F)C(F)(F)C(F)(F)C(F)(F)C(F)F)c1ccccc1. The van der Waals surface area contributed by atoms with E-state index in [1.165, 1.54) is 30.3 Å². The van der Waals surface area contributed by atoms with E-state index in [0.717, 1.165) is 0 Å². The maximum atomic E-state index is 13.6. The molecular weight excluding hydrogens is 516 g/mol. The first-order valence-corrected chi connectivity index (χ1v) is 8.97. The molecule has 1 atom stereocenters. The monoisotopic (exact) mass is 528 g/mol. The van der Waals surface area contributed by atoms with E-state index in [1.54, 1.807) is 0 Å². The second-order valence-electron chi connectivity index (χ2n) is 6.41. The Bertz CT molecular complexity index is 789. The van der Waals surface area contributed by atoms with Crippen molar-refractivity contribution < 1.29 is 67.0 Å². The van der Waals surface area contributed by atoms with Crippen LogP contribution in [0.1, 0.15) is 10.4 Å². The third-order valence-electron chi connectivity index (χ3n) is 3.98. The highest BCUT2D eigenvalue weighted by Gasteiger charge is 2.87. The Morgan fingerprint density at radius 3 is 1.82 bits per heavy atom. The van der Waals surface area contributed by atoms with Gasteiger partial charge in [-0.05, 0) is 12.1 Å². The number of carbonyl (C=O) groups is 1. The largest absolute Gasteiger partial charge is 0.455 e. The lowest BCUT2D eigenvalue weighted by atomic mass is 9.94. The molecule has 1 unspecified atom stereocenters. The predicted molar refractivity (Wildman–Crippen MR) is 87.9 cm³/mol. The molecule has 0 N–H and O–H groups in total. The molecular formula is C17H13ClF12O3. The molecule has 0 radical (unpaired) electrons. The van der Waals surface area contributed by atoms with Gasteiger partial charge in [-0.3, -0.25) is 0 Å². The average molecular weight is 529 g/mol. The lowest BCUT2D eigenvalue weighted by molar-refractivity contribution is -0.415. The number of benzene rings is 1. The first kappa shape index (κ1) is 29.1. The molecule has 190 valence electrons. The van der Waals surface area contributed by atoms with Crippen LogP contribution in [0.25, 0.3) is 0 Å². The summed E-state index contributed by atoms with van der Waals surface area (Å²) in [5, 5.41) is 0. The quantitative estimate of drug-likeness (QED) is 0.192. The summed E-state index contributed by atoms with van der Waals surface area (Å²) in [6.45, 7) is -4.01. The molecule has 0 aliphatic rings. The Morgan fingerprint density at radius 2 is 1.36 bits per heavy atom. The van der Waals surface area contributed by atoms with Crippen molar-refractivity contribution in [3.63, 3.8) is 0 Å². The van der Waals surface area contributed by atoms with Crippen LogP contribution in [0.2, 0.25) is 0 Å². The lowest BCUT2D eigenvalue weighted by Crippen LogP contribution is -2.69. The Labute approximate surface area is 182 Å². The van der Waals surface area contributed by atoms with Gasteiger partial charge in [0.05, 0.1) is 18.1 Å². The second kappa shape index (κ2) is 10.2. The van der Waals surface area contributed by atoms with Crippen LogP contribution in [-0.2, 0) is 9.47 Å². The van der Waals surface area contributed by atoms with Gasteiger partial charge in [0.15, 0.2) is 0 Å². The smallest absolute Gasteiger partial charge is 0.384 e. The molecule has 3 nitrogen and oxygen atoms in total. The van der Waals surface area contributed by atoms with E-state index in [4.69, 9.17) is 16.3 Å². The van der Waals surface area contributed by atoms with Crippen LogP contribution in [0.3, 0.4) is 0 Å². The highest BCUT2D eigenvalue weighted by atomic mass is 35.5. The molecule has 0 spiro atoms. The summed E-state index contributed by atoms with van der Waals surface area (Å²) in [5.41, 5.74) is -0.0636. The molecule has 1 aromatic carbocycles. The molecule has 1 aromatic rings. The van der Waals surface area contributed by atoms with Crippen molar-refractivity contribution in [1.82, 2.24) is 0 Å². The van der Waals surface area contributed by atoms with E-state index >= 15 is 0 Å². The van der Waals surface area contributed by atoms with Crippen LogP contribution >= 0.6 is 11.6 Å². The van der Waals surface area contributed by atoms with Gasteiger partial charge in [0.25, 0.3) is 0 Å². The molecule has 0 saturated carbocycles. The molecule has 0 aromatic heterocycles. The molecule has 0 amide bonds. The molecule has 16 heteroatoms. The minimum Gasteiger partial charge on any atom is -0.455 e. The maximum absolute atomic E-state index is 13.6. The van der Waals surface area contributed by atoms with Gasteiger partial charge in [-0.15, -0.1) is 11.6 Å². The minimum absolute atomic E-state index is 0.0636. The van der Waals surface area contributed by atoms with Gasteiger partial charge in [0, 0.05) is 0 Å². The number of carbonyl (C=O) groups excluding carboxylic acids is 1. The molecule has 0 bridgehead atoms. The number of rotatable bonds is 12. The topological polar surface area (TPSA) is 35.5 Å². The zero-order valence-corrected chi connectivity index (χ0v) is 16.6. The number of halogens is 13. The van der Waals surface area contributed by atoms with Crippen LogP contribution in [-0.4, -0.2) is 67.2 Å². The lowest BCUT2D eigenvalue weighted by Gasteiger charge is -2.39. The Kier molecular flexibility index (Phi) is 8.96. The normalized spacial score (nSPS) is 15.0. The Hall–Kier alpha value is -1.90. The number of alkyl halides is 13. The van der Waals surface area contributed by atoms with E-state index in [2.05, 4.69) is 4.74 Å². The zero-order chi connectivity index (χ0) is 25.9. The van der Waals surface area contributed by atoms with Gasteiger partial charge in [0.1, 0.15) is 12.7 Å². The molecule has 0 aliphatic heterocycles. The van der Waals surface area contributed by atoms with Crippen LogP contribution < -0.4 is 0 Å². The number of ether oxygens (including phenoxy) is 2. The summed E-state index contributed by atoms with van der Waals surface area (Å²) in [4.78, 5) is 11.8. The van der Waals surface area contributed by atoms with Crippen molar-refractivity contribution in [2.24, 2.45) is 0 Å². The predicted octanol–water partition coefficient (Wildman–Crippen LogP) is 5.91. The fraction of sp³-hybridized carbons (Fsp3) is 0.588. The van der Waals surface area contributed by atoms with Gasteiger partial charge in [0.2, 0.25) is 0 Å². The Balaban J connectivity index is 2.92. The number of hydrogen-bond donors (Lipinski definition) is 0. The minimum atomic E-state index is -7.64. The average Bonchev–Trinajstić information content (AvgIpc) is 2.72. The van der Waals surface area contributed by atoms with Crippen LogP contribution in [0.4, 0.5) is 52.7 Å². The summed E-state index contributed by atoms with van der Waals surface area (Å²) in [5.74, 6) is -37.6. The van der Waals surface area contributed by atoms with Crippen molar-refractivity contribution in [3.8, 4) is 0 Å². The van der Waals surface area contributed by atoms with Crippen molar-refractivity contribution in [2.45, 2.75) is 42.1 Å². The molecule has 0 saturated heterocycles. The summed E-state index contributed by atoms with van der Waals surface area (Å²) < 4.78 is 166. The van der Waals surface area contributed by atoms with E-state index < -0.39 is 67.2 Å². The zero-order valence-electron chi connectivity index (χ0n) is 15.8. The third kappa shape index (κ3) is 5.61. The van der Waals surface area contributed by atoms with Crippen molar-refractivity contribution in [3.05, 3.63) is 35.9 Å². The molecule has 0 aliphatic carbocycles. The molecule has 0 fully saturated rings. The Morgan fingerprint density at radius 1 is 0.848 bits per heavy atom. The van der Waals surface area contributed by atoms with Crippen LogP contribution in [0.5, 0.6) is 0 Å². The first-order chi connectivity index (χ1) is 14.9.